The van der Waals surface area contributed by atoms with Crippen LogP contribution in [0, 0.1) is 0 Å². The van der Waals surface area contributed by atoms with Crippen LogP contribution in [0.15, 0.2) is 0 Å². The second kappa shape index (κ2) is 8.82. The highest BCUT2D eigenvalue weighted by Gasteiger charge is 2.23. The molecule has 0 saturated carbocycles. The van der Waals surface area contributed by atoms with E-state index < -0.39 is 0 Å². The fraction of sp³-hybridized carbons (Fsp3) is 1.00. The molecule has 1 atom stereocenters. The summed E-state index contributed by atoms with van der Waals surface area (Å²) in [6.07, 6.45) is 0.240. The zero-order chi connectivity index (χ0) is 13.4. The number of aliphatic hydroxyl groups excluding tert-OH is 1. The van der Waals surface area contributed by atoms with E-state index in [0.717, 1.165) is 32.8 Å². The summed E-state index contributed by atoms with van der Waals surface area (Å²) in [5, 5.41) is 9.07. The maximum Gasteiger partial charge on any atom is 0.0829 e. The van der Waals surface area contributed by atoms with E-state index in [9.17, 15) is 0 Å². The molecule has 0 aromatic rings. The molecule has 0 spiro atoms. The number of morpholine rings is 1. The van der Waals surface area contributed by atoms with Gasteiger partial charge in [-0.2, -0.15) is 0 Å². The molecule has 1 saturated heterocycles. The monoisotopic (exact) mass is 260 g/mol. The number of ether oxygens (including phenoxy) is 2. The van der Waals surface area contributed by atoms with Gasteiger partial charge in [-0.05, 0) is 13.8 Å². The van der Waals surface area contributed by atoms with Gasteiger partial charge < -0.3 is 14.6 Å². The van der Waals surface area contributed by atoms with Crippen molar-refractivity contribution in [3.05, 3.63) is 0 Å². The molecule has 1 aliphatic rings. The van der Waals surface area contributed by atoms with Gasteiger partial charge in [-0.1, -0.05) is 0 Å². The number of methoxy groups -OCH3 is 1. The summed E-state index contributed by atoms with van der Waals surface area (Å²) < 4.78 is 10.9. The predicted molar refractivity (Wildman–Crippen MR) is 71.9 cm³/mol. The van der Waals surface area contributed by atoms with Crippen molar-refractivity contribution in [3.8, 4) is 0 Å². The van der Waals surface area contributed by atoms with Crippen LogP contribution in [0.4, 0.5) is 0 Å². The van der Waals surface area contributed by atoms with Crippen molar-refractivity contribution in [2.45, 2.75) is 26.0 Å². The molecule has 18 heavy (non-hydrogen) atoms. The number of nitrogens with zero attached hydrogens (tertiary/aromatic N) is 2. The highest BCUT2D eigenvalue weighted by atomic mass is 16.5. The number of aliphatic hydroxyl groups is 1. The first kappa shape index (κ1) is 15.9. The molecule has 0 radical (unpaired) electrons. The van der Waals surface area contributed by atoms with Crippen molar-refractivity contribution in [2.75, 3.05) is 59.7 Å². The molecule has 0 amide bonds. The SMILES string of the molecule is COCCN(CCO)CC1CN(C(C)C)CCO1. The molecule has 0 aromatic carbocycles. The van der Waals surface area contributed by atoms with Crippen molar-refractivity contribution in [1.82, 2.24) is 9.80 Å². The molecule has 1 heterocycles. The molecule has 0 bridgehead atoms. The van der Waals surface area contributed by atoms with Crippen molar-refractivity contribution in [1.29, 1.82) is 0 Å². The zero-order valence-electron chi connectivity index (χ0n) is 12.0. The quantitative estimate of drug-likeness (QED) is 0.667. The molecule has 1 unspecified atom stereocenters. The first-order valence-corrected chi connectivity index (χ1v) is 6.85. The standard InChI is InChI=1S/C13H28N2O3/c1-12(2)15-6-9-18-13(11-15)10-14(4-7-16)5-8-17-3/h12-13,16H,4-11H2,1-3H3. The molecule has 1 fully saturated rings. The Morgan fingerprint density at radius 2 is 2.22 bits per heavy atom. The Bertz CT molecular complexity index is 214. The summed E-state index contributed by atoms with van der Waals surface area (Å²) in [6.45, 7) is 10.5. The van der Waals surface area contributed by atoms with E-state index in [1.165, 1.54) is 0 Å². The van der Waals surface area contributed by atoms with Crippen LogP contribution >= 0.6 is 0 Å². The van der Waals surface area contributed by atoms with Crippen LogP contribution < -0.4 is 0 Å². The number of hydrogen-bond acceptors (Lipinski definition) is 5. The van der Waals surface area contributed by atoms with Gasteiger partial charge in [-0.15, -0.1) is 0 Å². The minimum absolute atomic E-state index is 0.185. The molecule has 1 rings (SSSR count). The van der Waals surface area contributed by atoms with Crippen molar-refractivity contribution >= 4 is 0 Å². The van der Waals surface area contributed by atoms with E-state index in [0.29, 0.717) is 19.2 Å². The van der Waals surface area contributed by atoms with E-state index >= 15 is 0 Å². The minimum atomic E-state index is 0.185. The molecule has 1 aliphatic heterocycles. The van der Waals surface area contributed by atoms with E-state index in [2.05, 4.69) is 23.6 Å². The Kier molecular flexibility index (Phi) is 7.77. The van der Waals surface area contributed by atoms with Crippen LogP contribution in [0.3, 0.4) is 0 Å². The van der Waals surface area contributed by atoms with E-state index in [1.54, 1.807) is 7.11 Å². The van der Waals surface area contributed by atoms with E-state index in [4.69, 9.17) is 14.6 Å². The number of hydrogen-bond donors (Lipinski definition) is 1. The fourth-order valence-corrected chi connectivity index (χ4v) is 2.27. The maximum absolute atomic E-state index is 9.07. The Hall–Kier alpha value is -0.200. The largest absolute Gasteiger partial charge is 0.395 e. The summed E-state index contributed by atoms with van der Waals surface area (Å²) in [4.78, 5) is 4.65. The van der Waals surface area contributed by atoms with E-state index in [-0.39, 0.29) is 12.7 Å². The van der Waals surface area contributed by atoms with Crippen LogP contribution in [-0.2, 0) is 9.47 Å². The summed E-state index contributed by atoms with van der Waals surface area (Å²) in [6, 6.07) is 0.571. The van der Waals surface area contributed by atoms with Crippen molar-refractivity contribution in [3.63, 3.8) is 0 Å². The first-order chi connectivity index (χ1) is 8.67. The minimum Gasteiger partial charge on any atom is -0.395 e. The van der Waals surface area contributed by atoms with Crippen molar-refractivity contribution in [2.24, 2.45) is 0 Å². The van der Waals surface area contributed by atoms with Gasteiger partial charge in [0, 0.05) is 45.9 Å². The van der Waals surface area contributed by atoms with Gasteiger partial charge >= 0.3 is 0 Å². The summed E-state index contributed by atoms with van der Waals surface area (Å²) in [7, 11) is 1.70. The fourth-order valence-electron chi connectivity index (χ4n) is 2.27. The Balaban J connectivity index is 2.37. The van der Waals surface area contributed by atoms with Crippen LogP contribution in [0.5, 0.6) is 0 Å². The molecular formula is C13H28N2O3. The molecule has 0 aliphatic carbocycles. The molecule has 5 heteroatoms. The smallest absolute Gasteiger partial charge is 0.0829 e. The third-order valence-corrected chi connectivity index (χ3v) is 3.39. The van der Waals surface area contributed by atoms with Gasteiger partial charge in [-0.3, -0.25) is 9.80 Å². The van der Waals surface area contributed by atoms with Gasteiger partial charge in [0.2, 0.25) is 0 Å². The van der Waals surface area contributed by atoms with Crippen LogP contribution in [-0.4, -0.2) is 86.7 Å². The molecule has 5 nitrogen and oxygen atoms in total. The number of rotatable bonds is 8. The Morgan fingerprint density at radius 1 is 1.44 bits per heavy atom. The lowest BCUT2D eigenvalue weighted by atomic mass is 10.2. The van der Waals surface area contributed by atoms with E-state index in [1.807, 2.05) is 0 Å². The average Bonchev–Trinajstić information content (AvgIpc) is 2.36. The lowest BCUT2D eigenvalue weighted by Gasteiger charge is -2.37. The highest BCUT2D eigenvalue weighted by Crippen LogP contribution is 2.10. The van der Waals surface area contributed by atoms with Gasteiger partial charge in [0.05, 0.1) is 25.9 Å². The summed E-state index contributed by atoms with van der Waals surface area (Å²) in [5.41, 5.74) is 0. The summed E-state index contributed by atoms with van der Waals surface area (Å²) >= 11 is 0. The van der Waals surface area contributed by atoms with Crippen molar-refractivity contribution < 1.29 is 14.6 Å². The normalized spacial score (nSPS) is 22.0. The first-order valence-electron chi connectivity index (χ1n) is 6.85. The van der Waals surface area contributed by atoms with Gasteiger partial charge in [-0.25, -0.2) is 0 Å². The van der Waals surface area contributed by atoms with Gasteiger partial charge in [0.1, 0.15) is 0 Å². The zero-order valence-corrected chi connectivity index (χ0v) is 12.0. The lowest BCUT2D eigenvalue weighted by Crippen LogP contribution is -2.50. The third-order valence-electron chi connectivity index (χ3n) is 3.39. The highest BCUT2D eigenvalue weighted by molar-refractivity contribution is 4.77. The predicted octanol–water partition coefficient (Wildman–Crippen LogP) is 0.0363. The van der Waals surface area contributed by atoms with Gasteiger partial charge in [0.15, 0.2) is 0 Å². The van der Waals surface area contributed by atoms with Crippen LogP contribution in [0.25, 0.3) is 0 Å². The molecule has 1 N–H and O–H groups in total. The molecule has 108 valence electrons. The third kappa shape index (κ3) is 5.63. The topological polar surface area (TPSA) is 45.2 Å². The van der Waals surface area contributed by atoms with Crippen LogP contribution in [0.2, 0.25) is 0 Å². The Morgan fingerprint density at radius 3 is 2.83 bits per heavy atom. The average molecular weight is 260 g/mol. The Labute approximate surface area is 111 Å². The second-order valence-electron chi connectivity index (χ2n) is 5.10. The van der Waals surface area contributed by atoms with Crippen LogP contribution in [0.1, 0.15) is 13.8 Å². The second-order valence-corrected chi connectivity index (χ2v) is 5.10. The molecular weight excluding hydrogens is 232 g/mol. The molecule has 0 aromatic heterocycles. The summed E-state index contributed by atoms with van der Waals surface area (Å²) in [5.74, 6) is 0. The van der Waals surface area contributed by atoms with Gasteiger partial charge in [0.25, 0.3) is 0 Å². The maximum atomic E-state index is 9.07. The lowest BCUT2D eigenvalue weighted by molar-refractivity contribution is -0.0549.